The van der Waals surface area contributed by atoms with Crippen LogP contribution >= 0.6 is 0 Å². The van der Waals surface area contributed by atoms with E-state index in [0.717, 1.165) is 30.2 Å². The molecule has 0 spiro atoms. The van der Waals surface area contributed by atoms with Gasteiger partial charge in [-0.05, 0) is 24.6 Å². The molecule has 1 fully saturated rings. The Kier molecular flexibility index (Phi) is 7.02. The Balaban J connectivity index is 1.46. The molecule has 1 aromatic carbocycles. The summed E-state index contributed by atoms with van der Waals surface area (Å²) in [4.78, 5) is 15.5. The predicted molar refractivity (Wildman–Crippen MR) is 121 cm³/mol. The molecule has 1 aliphatic rings. The highest BCUT2D eigenvalue weighted by Gasteiger charge is 2.15. The zero-order valence-corrected chi connectivity index (χ0v) is 17.6. The van der Waals surface area contributed by atoms with Crippen LogP contribution in [0.15, 0.2) is 59.8 Å². The normalized spacial score (nSPS) is 14.0. The van der Waals surface area contributed by atoms with Crippen molar-refractivity contribution in [1.82, 2.24) is 15.0 Å². The molecule has 1 N–H and O–H groups in total. The molecule has 1 saturated heterocycles. The minimum absolute atomic E-state index is 0.313. The second kappa shape index (κ2) is 10.5. The number of hydrogen-bond acceptors (Lipinski definition) is 8. The van der Waals surface area contributed by atoms with Crippen molar-refractivity contribution < 1.29 is 9.47 Å². The number of ether oxygens (including phenoxy) is 2. The van der Waals surface area contributed by atoms with E-state index in [0.29, 0.717) is 38.1 Å². The molecule has 0 radical (unpaired) electrons. The molecular weight excluding hydrogens is 392 g/mol. The molecule has 0 aliphatic carbocycles. The first-order valence-electron chi connectivity index (χ1n) is 10.4. The number of hydrazone groups is 1. The van der Waals surface area contributed by atoms with Crippen molar-refractivity contribution >= 4 is 17.9 Å². The van der Waals surface area contributed by atoms with Gasteiger partial charge in [0.05, 0.1) is 26.0 Å². The average molecular weight is 419 g/mol. The Hall–Kier alpha value is -3.52. The van der Waals surface area contributed by atoms with Gasteiger partial charge in [-0.3, -0.25) is 10.4 Å². The molecule has 0 atom stereocenters. The van der Waals surface area contributed by atoms with Crippen LogP contribution in [0.3, 0.4) is 0 Å². The smallest absolute Gasteiger partial charge is 0.320 e. The van der Waals surface area contributed by atoms with Gasteiger partial charge < -0.3 is 14.4 Å². The van der Waals surface area contributed by atoms with E-state index in [1.807, 2.05) is 36.4 Å². The van der Waals surface area contributed by atoms with Gasteiger partial charge in [-0.15, -0.1) is 0 Å². The number of benzene rings is 1. The minimum Gasteiger partial charge on any atom is -0.463 e. The topological polar surface area (TPSA) is 84.8 Å². The van der Waals surface area contributed by atoms with Crippen LogP contribution in [-0.2, 0) is 11.2 Å². The third kappa shape index (κ3) is 6.23. The van der Waals surface area contributed by atoms with Crippen molar-refractivity contribution in [2.45, 2.75) is 13.3 Å². The zero-order chi connectivity index (χ0) is 21.3. The van der Waals surface area contributed by atoms with E-state index >= 15 is 0 Å². The fourth-order valence-electron chi connectivity index (χ4n) is 3.11. The number of nitrogens with zero attached hydrogens (tertiary/aromatic N) is 5. The van der Waals surface area contributed by atoms with E-state index in [2.05, 4.69) is 49.4 Å². The summed E-state index contributed by atoms with van der Waals surface area (Å²) < 4.78 is 11.3. The second-order valence-electron chi connectivity index (χ2n) is 7.19. The SMILES string of the molecule is Cc1ccc(C=NNc2cc(N3CCOCC3)nc(OCCc3ccccn3)n2)cc1. The molecule has 0 saturated carbocycles. The van der Waals surface area contributed by atoms with Gasteiger partial charge in [0.2, 0.25) is 0 Å². The highest BCUT2D eigenvalue weighted by atomic mass is 16.5. The van der Waals surface area contributed by atoms with Gasteiger partial charge in [0.1, 0.15) is 5.82 Å². The molecule has 4 rings (SSSR count). The number of pyridine rings is 1. The summed E-state index contributed by atoms with van der Waals surface area (Å²) in [6.45, 7) is 5.40. The van der Waals surface area contributed by atoms with Crippen molar-refractivity contribution in [3.8, 4) is 6.01 Å². The maximum absolute atomic E-state index is 5.85. The first-order valence-corrected chi connectivity index (χ1v) is 10.4. The number of aryl methyl sites for hydroxylation is 1. The minimum atomic E-state index is 0.313. The average Bonchev–Trinajstić information content (AvgIpc) is 2.82. The van der Waals surface area contributed by atoms with Gasteiger partial charge in [0.15, 0.2) is 5.82 Å². The van der Waals surface area contributed by atoms with Gasteiger partial charge in [-0.25, -0.2) is 0 Å². The number of hydrogen-bond donors (Lipinski definition) is 1. The number of anilines is 2. The quantitative estimate of drug-likeness (QED) is 0.444. The van der Waals surface area contributed by atoms with E-state index in [-0.39, 0.29) is 0 Å². The molecule has 1 aliphatic heterocycles. The van der Waals surface area contributed by atoms with Crippen LogP contribution in [0, 0.1) is 6.92 Å². The standard InChI is InChI=1S/C23H26N6O2/c1-18-5-7-19(8-6-18)17-25-28-21-16-22(29-11-14-30-15-12-29)27-23(26-21)31-13-9-20-4-2-3-10-24-20/h2-8,10,16-17H,9,11-15H2,1H3,(H,26,27,28). The lowest BCUT2D eigenvalue weighted by atomic mass is 10.2. The van der Waals surface area contributed by atoms with Gasteiger partial charge in [0, 0.05) is 37.5 Å². The van der Waals surface area contributed by atoms with E-state index < -0.39 is 0 Å². The lowest BCUT2D eigenvalue weighted by molar-refractivity contribution is 0.122. The summed E-state index contributed by atoms with van der Waals surface area (Å²) in [5.74, 6) is 1.37. The molecule has 0 unspecified atom stereocenters. The molecule has 3 heterocycles. The van der Waals surface area contributed by atoms with Crippen LogP contribution in [0.2, 0.25) is 0 Å². The molecule has 3 aromatic rings. The van der Waals surface area contributed by atoms with Gasteiger partial charge >= 0.3 is 6.01 Å². The van der Waals surface area contributed by atoms with Crippen LogP contribution in [0.4, 0.5) is 11.6 Å². The highest BCUT2D eigenvalue weighted by molar-refractivity contribution is 5.80. The van der Waals surface area contributed by atoms with E-state index in [1.54, 1.807) is 12.4 Å². The Bertz CT molecular complexity index is 989. The third-order valence-corrected chi connectivity index (χ3v) is 4.81. The molecule has 31 heavy (non-hydrogen) atoms. The maximum Gasteiger partial charge on any atom is 0.320 e. The Morgan fingerprint density at radius 2 is 1.97 bits per heavy atom. The van der Waals surface area contributed by atoms with Crippen molar-refractivity contribution in [2.75, 3.05) is 43.2 Å². The van der Waals surface area contributed by atoms with Crippen LogP contribution in [0.5, 0.6) is 6.01 Å². The monoisotopic (exact) mass is 418 g/mol. The summed E-state index contributed by atoms with van der Waals surface area (Å²) in [6.07, 6.45) is 4.22. The highest BCUT2D eigenvalue weighted by Crippen LogP contribution is 2.20. The second-order valence-corrected chi connectivity index (χ2v) is 7.19. The fourth-order valence-corrected chi connectivity index (χ4v) is 3.11. The molecule has 2 aromatic heterocycles. The van der Waals surface area contributed by atoms with Crippen LogP contribution in [0.1, 0.15) is 16.8 Å². The van der Waals surface area contributed by atoms with Gasteiger partial charge in [0.25, 0.3) is 0 Å². The molecule has 8 heteroatoms. The molecule has 0 bridgehead atoms. The fraction of sp³-hybridized carbons (Fsp3) is 0.304. The lowest BCUT2D eigenvalue weighted by Crippen LogP contribution is -2.36. The molecule has 160 valence electrons. The van der Waals surface area contributed by atoms with Crippen LogP contribution in [0.25, 0.3) is 0 Å². The first kappa shape index (κ1) is 20.7. The summed E-state index contributed by atoms with van der Waals surface area (Å²) in [6, 6.07) is 16.2. The van der Waals surface area contributed by atoms with E-state index in [1.165, 1.54) is 5.56 Å². The Labute approximate surface area is 182 Å². The van der Waals surface area contributed by atoms with Crippen LogP contribution in [-0.4, -0.2) is 54.1 Å². The lowest BCUT2D eigenvalue weighted by Gasteiger charge is -2.28. The van der Waals surface area contributed by atoms with Gasteiger partial charge in [-0.2, -0.15) is 15.1 Å². The van der Waals surface area contributed by atoms with Crippen molar-refractivity contribution in [3.63, 3.8) is 0 Å². The number of aromatic nitrogens is 3. The Morgan fingerprint density at radius 3 is 2.74 bits per heavy atom. The summed E-state index contributed by atoms with van der Waals surface area (Å²) >= 11 is 0. The number of morpholine rings is 1. The Morgan fingerprint density at radius 1 is 1.13 bits per heavy atom. The third-order valence-electron chi connectivity index (χ3n) is 4.81. The predicted octanol–water partition coefficient (Wildman–Crippen LogP) is 3.08. The largest absolute Gasteiger partial charge is 0.463 e. The van der Waals surface area contributed by atoms with E-state index in [9.17, 15) is 0 Å². The zero-order valence-electron chi connectivity index (χ0n) is 17.6. The number of nitrogens with one attached hydrogen (secondary N) is 1. The summed E-state index contributed by atoms with van der Waals surface area (Å²) in [5, 5.41) is 4.32. The molecular formula is C23H26N6O2. The number of rotatable bonds is 8. The molecule has 0 amide bonds. The van der Waals surface area contributed by atoms with Gasteiger partial charge in [-0.1, -0.05) is 35.9 Å². The van der Waals surface area contributed by atoms with Crippen molar-refractivity contribution in [2.24, 2.45) is 5.10 Å². The van der Waals surface area contributed by atoms with Crippen molar-refractivity contribution in [3.05, 3.63) is 71.5 Å². The maximum atomic E-state index is 5.85. The molecule has 8 nitrogen and oxygen atoms in total. The first-order chi connectivity index (χ1) is 15.3. The summed E-state index contributed by atoms with van der Waals surface area (Å²) in [7, 11) is 0. The van der Waals surface area contributed by atoms with E-state index in [4.69, 9.17) is 9.47 Å². The van der Waals surface area contributed by atoms with Crippen molar-refractivity contribution in [1.29, 1.82) is 0 Å². The van der Waals surface area contributed by atoms with Crippen LogP contribution < -0.4 is 15.1 Å². The summed E-state index contributed by atoms with van der Waals surface area (Å²) in [5.41, 5.74) is 6.19.